The summed E-state index contributed by atoms with van der Waals surface area (Å²) in [6, 6.07) is 4.03. The monoisotopic (exact) mass is 284 g/mol. The van der Waals surface area contributed by atoms with E-state index in [2.05, 4.69) is 11.5 Å². The predicted molar refractivity (Wildman–Crippen MR) is 79.7 cm³/mol. The van der Waals surface area contributed by atoms with Gasteiger partial charge in [0.15, 0.2) is 0 Å². The second-order valence-electron chi connectivity index (χ2n) is 4.59. The van der Waals surface area contributed by atoms with Crippen molar-refractivity contribution in [2.45, 2.75) is 32.9 Å². The smallest absolute Gasteiger partial charge is 0.0701 e. The Morgan fingerprint density at radius 3 is 2.30 bits per heavy atom. The molecule has 1 rings (SSSR count). The second-order valence-corrected chi connectivity index (χ2v) is 4.59. The maximum absolute atomic E-state index is 5.63. The van der Waals surface area contributed by atoms with Crippen LogP contribution in [-0.2, 0) is 27.3 Å². The molecule has 5 nitrogen and oxygen atoms in total. The molecule has 5 heteroatoms. The normalized spacial score (nSPS) is 11.1. The van der Waals surface area contributed by atoms with Crippen LogP contribution in [0.15, 0.2) is 18.3 Å². The van der Waals surface area contributed by atoms with Gasteiger partial charge in [-0.15, -0.1) is 0 Å². The molecule has 0 radical (unpaired) electrons. The van der Waals surface area contributed by atoms with Crippen LogP contribution in [0.1, 0.15) is 25.5 Å². The van der Waals surface area contributed by atoms with Gasteiger partial charge >= 0.3 is 0 Å². The molecule has 0 unspecified atom stereocenters. The van der Waals surface area contributed by atoms with Crippen LogP contribution in [0.5, 0.6) is 0 Å². The number of hydrogen-bond acceptors (Lipinski definition) is 4. The van der Waals surface area contributed by atoms with E-state index in [9.17, 15) is 0 Å². The number of hydrogen-bond donors (Lipinski definition) is 1. The third-order valence-corrected chi connectivity index (χ3v) is 3.00. The molecule has 1 aromatic rings. The Morgan fingerprint density at radius 2 is 1.65 bits per heavy atom. The molecule has 20 heavy (non-hydrogen) atoms. The van der Waals surface area contributed by atoms with Gasteiger partial charge in [0.05, 0.1) is 33.0 Å². The summed E-state index contributed by atoms with van der Waals surface area (Å²) < 4.78 is 18.5. The van der Waals surface area contributed by atoms with Crippen LogP contribution >= 0.6 is 0 Å². The molecular weight excluding hydrogens is 256 g/mol. The minimum atomic E-state index is 0.564. The molecule has 1 heterocycles. The predicted octanol–water partition coefficient (Wildman–Crippen LogP) is 1.80. The van der Waals surface area contributed by atoms with E-state index < -0.39 is 0 Å². The van der Waals surface area contributed by atoms with Crippen molar-refractivity contribution in [2.75, 3.05) is 39.6 Å². The molecule has 2 N–H and O–H groups in total. The molecule has 0 aliphatic rings. The van der Waals surface area contributed by atoms with Crippen molar-refractivity contribution in [1.82, 2.24) is 4.57 Å². The van der Waals surface area contributed by atoms with Gasteiger partial charge in [-0.2, -0.15) is 0 Å². The zero-order valence-electron chi connectivity index (χ0n) is 12.6. The Morgan fingerprint density at radius 1 is 1.00 bits per heavy atom. The Balaban J connectivity index is 1.85. The van der Waals surface area contributed by atoms with E-state index in [1.54, 1.807) is 0 Å². The highest BCUT2D eigenvalue weighted by Gasteiger charge is 1.98. The highest BCUT2D eigenvalue weighted by Crippen LogP contribution is 2.00. The summed E-state index contributed by atoms with van der Waals surface area (Å²) in [6.07, 6.45) is 4.31. The molecule has 0 atom stereocenters. The first-order valence-electron chi connectivity index (χ1n) is 7.45. The Bertz CT molecular complexity index is 329. The van der Waals surface area contributed by atoms with E-state index in [-0.39, 0.29) is 0 Å². The highest BCUT2D eigenvalue weighted by atomic mass is 16.5. The zero-order chi connectivity index (χ0) is 14.5. The summed E-state index contributed by atoms with van der Waals surface area (Å²) in [7, 11) is 0. The van der Waals surface area contributed by atoms with Gasteiger partial charge in [-0.3, -0.25) is 0 Å². The first kappa shape index (κ1) is 17.2. The Hall–Kier alpha value is -0.880. The van der Waals surface area contributed by atoms with Crippen molar-refractivity contribution < 1.29 is 14.2 Å². The van der Waals surface area contributed by atoms with Gasteiger partial charge in [-0.1, -0.05) is 13.3 Å². The van der Waals surface area contributed by atoms with Crippen molar-refractivity contribution in [2.24, 2.45) is 5.73 Å². The summed E-state index contributed by atoms with van der Waals surface area (Å²) in [6.45, 7) is 7.61. The molecular formula is C15H28N2O3. The second kappa shape index (κ2) is 11.9. The van der Waals surface area contributed by atoms with Gasteiger partial charge in [-0.25, -0.2) is 0 Å². The number of nitrogens with two attached hydrogens (primary N) is 1. The Labute approximate surface area is 122 Å². The standard InChI is InChI=1S/C15H28N2O3/c1-2-3-8-18-10-12-20-13-11-19-9-7-17-6-4-5-15(17)14-16/h4-6H,2-3,7-14,16H2,1H3. The lowest BCUT2D eigenvalue weighted by molar-refractivity contribution is 0.0127. The molecule has 0 saturated heterocycles. The fraction of sp³-hybridized carbons (Fsp3) is 0.733. The van der Waals surface area contributed by atoms with Crippen LogP contribution in [0, 0.1) is 0 Å². The van der Waals surface area contributed by atoms with Gasteiger partial charge in [0.25, 0.3) is 0 Å². The SMILES string of the molecule is CCCCOCCOCCOCCn1cccc1CN. The molecule has 0 fully saturated rings. The van der Waals surface area contributed by atoms with Crippen molar-refractivity contribution in [3.8, 4) is 0 Å². The minimum Gasteiger partial charge on any atom is -0.379 e. The third-order valence-electron chi connectivity index (χ3n) is 3.00. The third kappa shape index (κ3) is 7.65. The fourth-order valence-corrected chi connectivity index (χ4v) is 1.80. The van der Waals surface area contributed by atoms with Crippen LogP contribution in [0.4, 0.5) is 0 Å². The van der Waals surface area contributed by atoms with E-state index in [4.69, 9.17) is 19.9 Å². The van der Waals surface area contributed by atoms with Gasteiger partial charge in [0.1, 0.15) is 0 Å². The molecule has 116 valence electrons. The number of nitrogens with zero attached hydrogens (tertiary/aromatic N) is 1. The van der Waals surface area contributed by atoms with Crippen molar-refractivity contribution in [1.29, 1.82) is 0 Å². The highest BCUT2D eigenvalue weighted by molar-refractivity contribution is 5.06. The molecule has 1 aromatic heterocycles. The number of rotatable bonds is 13. The van der Waals surface area contributed by atoms with E-state index >= 15 is 0 Å². The lowest BCUT2D eigenvalue weighted by Crippen LogP contribution is -2.14. The van der Waals surface area contributed by atoms with Crippen molar-refractivity contribution in [3.63, 3.8) is 0 Å². The van der Waals surface area contributed by atoms with Crippen LogP contribution < -0.4 is 5.73 Å². The van der Waals surface area contributed by atoms with Crippen LogP contribution in [0.25, 0.3) is 0 Å². The molecule has 0 saturated carbocycles. The summed E-state index contributed by atoms with van der Waals surface area (Å²) >= 11 is 0. The average Bonchev–Trinajstić information content (AvgIpc) is 2.92. The zero-order valence-corrected chi connectivity index (χ0v) is 12.6. The van der Waals surface area contributed by atoms with E-state index in [0.29, 0.717) is 39.6 Å². The lowest BCUT2D eigenvalue weighted by atomic mass is 10.4. The topological polar surface area (TPSA) is 58.6 Å². The number of unbranched alkanes of at least 4 members (excludes halogenated alkanes) is 1. The summed E-state index contributed by atoms with van der Waals surface area (Å²) in [5, 5.41) is 0. The van der Waals surface area contributed by atoms with Crippen LogP contribution in [-0.4, -0.2) is 44.2 Å². The largest absolute Gasteiger partial charge is 0.379 e. The fourth-order valence-electron chi connectivity index (χ4n) is 1.80. The summed E-state index contributed by atoms with van der Waals surface area (Å²) in [5.41, 5.74) is 6.76. The molecule has 0 aliphatic carbocycles. The molecule has 0 spiro atoms. The molecule has 0 bridgehead atoms. The molecule has 0 amide bonds. The number of ether oxygens (including phenoxy) is 3. The van der Waals surface area contributed by atoms with Crippen molar-refractivity contribution in [3.05, 3.63) is 24.0 Å². The Kier molecular flexibility index (Phi) is 10.2. The van der Waals surface area contributed by atoms with Crippen LogP contribution in [0.3, 0.4) is 0 Å². The van der Waals surface area contributed by atoms with Gasteiger partial charge in [0.2, 0.25) is 0 Å². The van der Waals surface area contributed by atoms with E-state index in [0.717, 1.165) is 25.3 Å². The minimum absolute atomic E-state index is 0.564. The number of aromatic nitrogens is 1. The van der Waals surface area contributed by atoms with Gasteiger partial charge in [0, 0.05) is 31.6 Å². The quantitative estimate of drug-likeness (QED) is 0.561. The summed E-state index contributed by atoms with van der Waals surface area (Å²) in [5.74, 6) is 0. The molecule has 0 aliphatic heterocycles. The lowest BCUT2D eigenvalue weighted by Gasteiger charge is -2.09. The van der Waals surface area contributed by atoms with E-state index in [1.807, 2.05) is 18.3 Å². The van der Waals surface area contributed by atoms with E-state index in [1.165, 1.54) is 6.42 Å². The van der Waals surface area contributed by atoms with Gasteiger partial charge in [-0.05, 0) is 18.6 Å². The molecule has 0 aromatic carbocycles. The van der Waals surface area contributed by atoms with Gasteiger partial charge < -0.3 is 24.5 Å². The summed E-state index contributed by atoms with van der Waals surface area (Å²) in [4.78, 5) is 0. The maximum atomic E-state index is 5.63. The van der Waals surface area contributed by atoms with Crippen molar-refractivity contribution >= 4 is 0 Å². The first-order valence-corrected chi connectivity index (χ1v) is 7.45. The van der Waals surface area contributed by atoms with Crippen LogP contribution in [0.2, 0.25) is 0 Å². The maximum Gasteiger partial charge on any atom is 0.0701 e. The first-order chi connectivity index (χ1) is 9.88. The average molecular weight is 284 g/mol.